The van der Waals surface area contributed by atoms with E-state index >= 15 is 0 Å². The van der Waals surface area contributed by atoms with Gasteiger partial charge in [-0.3, -0.25) is 0 Å². The van der Waals surface area contributed by atoms with E-state index in [0.717, 1.165) is 11.7 Å². The summed E-state index contributed by atoms with van der Waals surface area (Å²) in [5.41, 5.74) is 4.77. The van der Waals surface area contributed by atoms with Gasteiger partial charge >= 0.3 is 0 Å². The van der Waals surface area contributed by atoms with E-state index in [1.807, 2.05) is 23.1 Å². The third-order valence-corrected chi connectivity index (χ3v) is 7.74. The molecule has 1 saturated heterocycles. The Kier molecular flexibility index (Phi) is 3.83. The molecule has 3 heteroatoms. The average Bonchev–Trinajstić information content (AvgIpc) is 2.91. The lowest BCUT2D eigenvalue weighted by Gasteiger charge is -2.40. The van der Waals surface area contributed by atoms with Crippen LogP contribution in [-0.4, -0.2) is 31.7 Å². The van der Waals surface area contributed by atoms with Crippen molar-refractivity contribution in [2.75, 3.05) is 27.2 Å². The highest BCUT2D eigenvalue weighted by atomic mass is 32.2. The van der Waals surface area contributed by atoms with Gasteiger partial charge in [0, 0.05) is 24.5 Å². The van der Waals surface area contributed by atoms with Crippen LogP contribution in [-0.2, 0) is 5.75 Å². The van der Waals surface area contributed by atoms with Crippen molar-refractivity contribution in [2.24, 2.45) is 5.92 Å². The van der Waals surface area contributed by atoms with Gasteiger partial charge in [-0.15, -0.1) is 23.1 Å². The molecule has 2 aromatic rings. The summed E-state index contributed by atoms with van der Waals surface area (Å²) in [5.74, 6) is 2.56. The Morgan fingerprint density at radius 1 is 1.00 bits per heavy atom. The summed E-state index contributed by atoms with van der Waals surface area (Å²) in [6, 6.07) is 11.6. The summed E-state index contributed by atoms with van der Waals surface area (Å²) in [5, 5.41) is 2.29. The Morgan fingerprint density at radius 3 is 2.59 bits per heavy atom. The lowest BCUT2D eigenvalue weighted by atomic mass is 9.75. The minimum atomic E-state index is 0.618. The van der Waals surface area contributed by atoms with E-state index in [2.05, 4.69) is 49.8 Å². The molecule has 1 nitrogen and oxygen atoms in total. The van der Waals surface area contributed by atoms with Crippen molar-refractivity contribution in [3.05, 3.63) is 52.4 Å². The predicted molar refractivity (Wildman–Crippen MR) is 96.7 cm³/mol. The van der Waals surface area contributed by atoms with Crippen LogP contribution in [0.25, 0.3) is 0 Å². The Balaban J connectivity index is 1.75. The molecular weight excluding hydrogens is 306 g/mol. The molecule has 0 radical (unpaired) electrons. The maximum absolute atomic E-state index is 2.40. The fraction of sp³-hybridized carbons (Fsp3) is 0.474. The molecule has 0 bridgehead atoms. The zero-order valence-electron chi connectivity index (χ0n) is 13.4. The lowest BCUT2D eigenvalue weighted by molar-refractivity contribution is -0.896. The van der Waals surface area contributed by atoms with Crippen LogP contribution < -0.4 is 0 Å². The monoisotopic (exact) mass is 330 g/mol. The number of hydrogen-bond acceptors (Lipinski definition) is 2. The minimum Gasteiger partial charge on any atom is -0.328 e. The molecule has 4 rings (SSSR count). The molecule has 1 atom stereocenters. The number of hydrogen-bond donors (Lipinski definition) is 0. The zero-order chi connectivity index (χ0) is 15.2. The molecule has 0 amide bonds. The Morgan fingerprint density at radius 2 is 1.77 bits per heavy atom. The summed E-state index contributed by atoms with van der Waals surface area (Å²) in [6.07, 6.45) is 2.71. The van der Waals surface area contributed by atoms with Gasteiger partial charge in [-0.2, -0.15) is 0 Å². The molecule has 0 spiro atoms. The van der Waals surface area contributed by atoms with Crippen LogP contribution in [0, 0.1) is 5.92 Å². The number of thioether (sulfide) groups is 1. The van der Waals surface area contributed by atoms with Crippen molar-refractivity contribution in [2.45, 2.75) is 28.7 Å². The van der Waals surface area contributed by atoms with Gasteiger partial charge in [-0.25, -0.2) is 0 Å². The molecule has 0 aliphatic carbocycles. The highest BCUT2D eigenvalue weighted by Crippen LogP contribution is 2.48. The van der Waals surface area contributed by atoms with E-state index in [1.54, 1.807) is 20.9 Å². The van der Waals surface area contributed by atoms with Crippen LogP contribution >= 0.6 is 23.1 Å². The van der Waals surface area contributed by atoms with Crippen LogP contribution in [0.2, 0.25) is 0 Å². The molecule has 2 aliphatic heterocycles. The van der Waals surface area contributed by atoms with Gasteiger partial charge in [0.15, 0.2) is 0 Å². The van der Waals surface area contributed by atoms with Gasteiger partial charge in [0.1, 0.15) is 0 Å². The van der Waals surface area contributed by atoms with E-state index in [0.29, 0.717) is 5.92 Å². The third kappa shape index (κ3) is 2.64. The molecule has 22 heavy (non-hydrogen) atoms. The van der Waals surface area contributed by atoms with Crippen molar-refractivity contribution in [3.63, 3.8) is 0 Å². The van der Waals surface area contributed by atoms with Gasteiger partial charge in [-0.05, 0) is 34.1 Å². The molecule has 1 aromatic heterocycles. The normalized spacial score (nSPS) is 24.4. The number of thiophene rings is 1. The molecule has 0 unspecified atom stereocenters. The van der Waals surface area contributed by atoms with Crippen molar-refractivity contribution in [1.82, 2.24) is 0 Å². The first-order valence-electron chi connectivity index (χ1n) is 8.24. The van der Waals surface area contributed by atoms with Crippen molar-refractivity contribution in [3.8, 4) is 0 Å². The Hall–Kier alpha value is -0.770. The highest BCUT2D eigenvalue weighted by molar-refractivity contribution is 8.00. The zero-order valence-corrected chi connectivity index (χ0v) is 15.1. The molecular formula is C19H24NS2+. The number of benzene rings is 1. The minimum absolute atomic E-state index is 0.618. The summed E-state index contributed by atoms with van der Waals surface area (Å²) < 4.78 is 2.75. The second-order valence-electron chi connectivity index (χ2n) is 7.35. The van der Waals surface area contributed by atoms with E-state index in [1.165, 1.54) is 30.4 Å². The first-order chi connectivity index (χ1) is 10.6. The first kappa shape index (κ1) is 14.8. The van der Waals surface area contributed by atoms with E-state index in [9.17, 15) is 0 Å². The van der Waals surface area contributed by atoms with Crippen molar-refractivity contribution in [1.29, 1.82) is 0 Å². The molecule has 2 aliphatic rings. The maximum atomic E-state index is 2.40. The van der Waals surface area contributed by atoms with Crippen LogP contribution in [0.15, 0.2) is 39.9 Å². The summed E-state index contributed by atoms with van der Waals surface area (Å²) >= 11 is 3.98. The number of piperidine rings is 1. The smallest absolute Gasteiger partial charge is 0.0785 e. The number of rotatable bonds is 1. The fourth-order valence-electron chi connectivity index (χ4n) is 4.06. The van der Waals surface area contributed by atoms with Gasteiger partial charge < -0.3 is 4.48 Å². The quantitative estimate of drug-likeness (QED) is 0.665. The molecule has 1 fully saturated rings. The van der Waals surface area contributed by atoms with Gasteiger partial charge in [0.25, 0.3) is 0 Å². The summed E-state index contributed by atoms with van der Waals surface area (Å²) in [6.45, 7) is 2.63. The van der Waals surface area contributed by atoms with Crippen LogP contribution in [0.1, 0.15) is 35.4 Å². The largest absolute Gasteiger partial charge is 0.328 e. The van der Waals surface area contributed by atoms with Crippen LogP contribution in [0.3, 0.4) is 0 Å². The third-order valence-electron chi connectivity index (χ3n) is 5.42. The number of nitrogens with zero attached hydrogens (tertiary/aromatic N) is 1. The van der Waals surface area contributed by atoms with E-state index < -0.39 is 0 Å². The fourth-order valence-corrected chi connectivity index (χ4v) is 6.26. The Bertz CT molecular complexity index is 664. The second kappa shape index (κ2) is 5.70. The SMILES string of the molecule is C[N+]1(C)CCC([C@@H]2c3ccccc3CSc3sccc32)CC1. The first-order valence-corrected chi connectivity index (χ1v) is 10.1. The Labute approximate surface area is 141 Å². The topological polar surface area (TPSA) is 0 Å². The average molecular weight is 331 g/mol. The van der Waals surface area contributed by atoms with Crippen molar-refractivity contribution >= 4 is 23.1 Å². The van der Waals surface area contributed by atoms with Gasteiger partial charge in [0.2, 0.25) is 0 Å². The van der Waals surface area contributed by atoms with Crippen LogP contribution in [0.5, 0.6) is 0 Å². The molecule has 0 saturated carbocycles. The van der Waals surface area contributed by atoms with Gasteiger partial charge in [-0.1, -0.05) is 24.3 Å². The van der Waals surface area contributed by atoms with E-state index in [-0.39, 0.29) is 0 Å². The highest BCUT2D eigenvalue weighted by Gasteiger charge is 2.36. The molecule has 0 N–H and O–H groups in total. The van der Waals surface area contributed by atoms with Gasteiger partial charge in [0.05, 0.1) is 31.4 Å². The van der Waals surface area contributed by atoms with Crippen molar-refractivity contribution < 1.29 is 4.48 Å². The molecule has 1 aromatic carbocycles. The number of quaternary nitrogens is 1. The molecule has 116 valence electrons. The second-order valence-corrected chi connectivity index (χ2v) is 9.51. The van der Waals surface area contributed by atoms with E-state index in [4.69, 9.17) is 0 Å². The lowest BCUT2D eigenvalue weighted by Crippen LogP contribution is -2.47. The maximum Gasteiger partial charge on any atom is 0.0785 e. The summed E-state index contributed by atoms with van der Waals surface area (Å²) in [4.78, 5) is 0. The number of fused-ring (bicyclic) bond motifs is 2. The summed E-state index contributed by atoms with van der Waals surface area (Å²) in [7, 11) is 4.76. The standard InChI is InChI=1S/C19H24NS2/c1-20(2)10-7-14(8-11-20)18-16-6-4-3-5-15(16)13-22-19-17(18)9-12-21-19/h3-6,9,12,14,18H,7-8,10-11,13H2,1-2H3/q+1/t18-/m1/s1. The number of likely N-dealkylation sites (tertiary alicyclic amines) is 1. The van der Waals surface area contributed by atoms with Crippen LogP contribution in [0.4, 0.5) is 0 Å². The predicted octanol–water partition coefficient (Wildman–Crippen LogP) is 4.97. The molecule has 3 heterocycles.